The quantitative estimate of drug-likeness (QED) is 0.0138. The molecule has 1 aliphatic rings. The zero-order valence-electron chi connectivity index (χ0n) is 48.9. The molecule has 13 unspecified atom stereocenters. The number of amides is 9. The van der Waals surface area contributed by atoms with Gasteiger partial charge in [0.05, 0.1) is 43.1 Å². The molecule has 33 heteroatoms. The van der Waals surface area contributed by atoms with Gasteiger partial charge in [-0.05, 0) is 72.0 Å². The Labute approximate surface area is 503 Å². The number of cyclic esters (lactones) is 1. The molecule has 490 valence electrons. The molecule has 0 aromatic heterocycles. The smallest absolute Gasteiger partial charge is 0.335 e. The van der Waals surface area contributed by atoms with Gasteiger partial charge in [-0.15, -0.1) is 11.6 Å². The third kappa shape index (κ3) is 28.7. The first kappa shape index (κ1) is 77.4. The molecular weight excluding hydrogens is 1160 g/mol. The van der Waals surface area contributed by atoms with Crippen LogP contribution in [-0.2, 0) is 62.3 Å². The molecule has 1 heterocycles. The van der Waals surface area contributed by atoms with Crippen molar-refractivity contribution in [3.63, 3.8) is 0 Å². The largest absolute Gasteiger partial charge is 0.481 e. The van der Waals surface area contributed by atoms with E-state index in [9.17, 15) is 93.3 Å². The van der Waals surface area contributed by atoms with Crippen LogP contribution < -0.4 is 65.1 Å². The maximum Gasteiger partial charge on any atom is 0.335 e. The average Bonchev–Trinajstić information content (AvgIpc) is 3.36. The molecule has 0 aromatic carbocycles. The van der Waals surface area contributed by atoms with E-state index in [1.165, 1.54) is 12.8 Å². The standard InChI is InChI=1S/C53H91ClN12O20/c1-4-6-7-8-9-10-11-12-13-14-18-35(68)36(69)25-38(71)58-34-27-86-53(85)41(37(70)26-54)65-51(82)42(43(74)52(83)84)66-44(75)29(5-2)59-50(81)40(28(3)67)64-47(78)32(20-23-57)61-45(76)30(17-15-16-21-55)60-48(79)33(24-39(72)73)63-46(77)31(19-22-56)62-49(34)80/h5,28,30-37,40-43,67-70,74H,4,6-27,55-57H2,1-3H3,(H,58,71)(H,59,81)(H,60,79)(H,61,76)(H,62,80)(H,63,77)(H,64,78)(H,65,82)(H,66,75)(H,72,73)(H,83,84)/b29-5+. The SMILES string of the molecule is C/C=C1/NC(=O)C(C(C)O)NC(=O)C(CCN)NC(=O)C(CCCCN)NC(=O)C(CC(=O)O)NC(=O)C(CCN)NC(=O)C(NC(=O)CC(O)C(O)CCCCCCCCCCCC)COC(=O)C(C(O)CCl)NC(=O)C(C(O)C(=O)O)NC1=O. The van der Waals surface area contributed by atoms with Crippen LogP contribution >= 0.6 is 11.6 Å². The summed E-state index contributed by atoms with van der Waals surface area (Å²) < 4.78 is 5.26. The third-order valence-corrected chi connectivity index (χ3v) is 13.9. The van der Waals surface area contributed by atoms with Gasteiger partial charge in [0.15, 0.2) is 12.1 Å². The highest BCUT2D eigenvalue weighted by Crippen LogP contribution is 2.15. The molecule has 32 nitrogen and oxygen atoms in total. The number of carboxylic acids is 2. The van der Waals surface area contributed by atoms with Crippen LogP contribution in [0.4, 0.5) is 0 Å². The summed E-state index contributed by atoms with van der Waals surface area (Å²) in [7, 11) is 0. The molecule has 0 bridgehead atoms. The van der Waals surface area contributed by atoms with Gasteiger partial charge in [0, 0.05) is 0 Å². The summed E-state index contributed by atoms with van der Waals surface area (Å²) in [6.07, 6.45) is -1.69. The zero-order valence-corrected chi connectivity index (χ0v) is 49.7. The molecule has 1 fully saturated rings. The Balaban J connectivity index is 3.98. The number of hydrogen-bond donors (Lipinski definition) is 19. The fourth-order valence-electron chi connectivity index (χ4n) is 8.58. The average molecular weight is 1250 g/mol. The van der Waals surface area contributed by atoms with Crippen molar-refractivity contribution in [2.45, 2.75) is 215 Å². The monoisotopic (exact) mass is 1250 g/mol. The van der Waals surface area contributed by atoms with E-state index >= 15 is 0 Å². The van der Waals surface area contributed by atoms with Crippen molar-refractivity contribution in [3.8, 4) is 0 Å². The normalized spacial score (nSPS) is 24.5. The molecule has 22 N–H and O–H groups in total. The van der Waals surface area contributed by atoms with Gasteiger partial charge in [-0.25, -0.2) is 9.59 Å². The summed E-state index contributed by atoms with van der Waals surface area (Å²) in [5.41, 5.74) is 16.4. The minimum Gasteiger partial charge on any atom is -0.481 e. The van der Waals surface area contributed by atoms with Crippen LogP contribution in [0.15, 0.2) is 11.8 Å². The molecular formula is C53H91ClN12O20. The molecule has 1 rings (SSSR count). The second-order valence-corrected chi connectivity index (χ2v) is 21.0. The molecule has 0 spiro atoms. The number of esters is 1. The minimum absolute atomic E-state index is 0.0842. The second kappa shape index (κ2) is 42.2. The lowest BCUT2D eigenvalue weighted by molar-refractivity contribution is -0.155. The van der Waals surface area contributed by atoms with Crippen LogP contribution in [0.25, 0.3) is 0 Å². The molecule has 86 heavy (non-hydrogen) atoms. The number of allylic oxidation sites excluding steroid dienone is 1. The number of halogens is 1. The van der Waals surface area contributed by atoms with Crippen LogP contribution in [-0.4, -0.2) is 218 Å². The lowest BCUT2D eigenvalue weighted by atomic mass is 10.0. The van der Waals surface area contributed by atoms with E-state index in [1.807, 2.05) is 10.6 Å². The molecule has 0 saturated carbocycles. The molecule has 9 amide bonds. The van der Waals surface area contributed by atoms with Crippen LogP contribution in [0.1, 0.15) is 136 Å². The van der Waals surface area contributed by atoms with E-state index in [2.05, 4.69) is 44.1 Å². The number of carbonyl (C=O) groups is 12. The van der Waals surface area contributed by atoms with Crippen molar-refractivity contribution >= 4 is 82.7 Å². The summed E-state index contributed by atoms with van der Waals surface area (Å²) in [6.45, 7) is 2.50. The predicted octanol–water partition coefficient (Wildman–Crippen LogP) is -5.41. The molecule has 13 atom stereocenters. The van der Waals surface area contributed by atoms with Crippen molar-refractivity contribution in [1.29, 1.82) is 0 Å². The molecule has 1 aliphatic heterocycles. The second-order valence-electron chi connectivity index (χ2n) is 20.7. The lowest BCUT2D eigenvalue weighted by Crippen LogP contribution is -2.62. The predicted molar refractivity (Wildman–Crippen MR) is 306 cm³/mol. The van der Waals surface area contributed by atoms with Crippen LogP contribution in [0, 0.1) is 0 Å². The number of unbranched alkanes of at least 4 members (excludes halogenated alkanes) is 10. The first-order valence-electron chi connectivity index (χ1n) is 28.8. The summed E-state index contributed by atoms with van der Waals surface area (Å²) in [5, 5.41) is 92.8. The Kier molecular flexibility index (Phi) is 38.0. The first-order valence-corrected chi connectivity index (χ1v) is 29.3. The molecule has 1 saturated heterocycles. The van der Waals surface area contributed by atoms with Gasteiger partial charge in [0.1, 0.15) is 54.6 Å². The van der Waals surface area contributed by atoms with E-state index in [1.54, 1.807) is 0 Å². The number of rotatable bonds is 30. The fourth-order valence-corrected chi connectivity index (χ4v) is 8.76. The van der Waals surface area contributed by atoms with Crippen molar-refractivity contribution in [2.75, 3.05) is 32.1 Å². The van der Waals surface area contributed by atoms with Gasteiger partial charge in [0.25, 0.3) is 5.91 Å². The van der Waals surface area contributed by atoms with Crippen molar-refractivity contribution in [2.24, 2.45) is 17.2 Å². The number of aliphatic carboxylic acids is 2. The van der Waals surface area contributed by atoms with Crippen molar-refractivity contribution < 1.29 is 98.0 Å². The number of nitrogens with two attached hydrogens (primary N) is 3. The van der Waals surface area contributed by atoms with Gasteiger partial charge < -0.3 is 106 Å². The van der Waals surface area contributed by atoms with Gasteiger partial charge >= 0.3 is 17.9 Å². The Hall–Kier alpha value is -6.65. The van der Waals surface area contributed by atoms with Crippen LogP contribution in [0.5, 0.6) is 0 Å². The zero-order chi connectivity index (χ0) is 65.1. The molecule has 0 radical (unpaired) electrons. The Morgan fingerprint density at radius 2 is 1.10 bits per heavy atom. The van der Waals surface area contributed by atoms with E-state index in [4.69, 9.17) is 33.5 Å². The molecule has 0 aromatic rings. The highest BCUT2D eigenvalue weighted by molar-refractivity contribution is 6.18. The van der Waals surface area contributed by atoms with Crippen molar-refractivity contribution in [3.05, 3.63) is 11.8 Å². The number of alkyl halides is 1. The number of carboxylic acid groups (broad SMARTS) is 2. The van der Waals surface area contributed by atoms with Gasteiger partial charge in [-0.2, -0.15) is 0 Å². The van der Waals surface area contributed by atoms with Gasteiger partial charge in [-0.1, -0.05) is 77.2 Å². The van der Waals surface area contributed by atoms with Gasteiger partial charge in [0.2, 0.25) is 47.3 Å². The maximum atomic E-state index is 14.2. The first-order chi connectivity index (χ1) is 40.7. The number of carbonyl (C=O) groups excluding carboxylic acids is 10. The molecule has 0 aliphatic carbocycles. The highest BCUT2D eigenvalue weighted by atomic mass is 35.5. The number of ether oxygens (including phenoxy) is 1. The Bertz CT molecular complexity index is 2270. The maximum absolute atomic E-state index is 14.2. The topological polar surface area (TPSA) is 542 Å². The Morgan fingerprint density at radius 3 is 1.60 bits per heavy atom. The van der Waals surface area contributed by atoms with Crippen LogP contribution in [0.2, 0.25) is 0 Å². The van der Waals surface area contributed by atoms with Crippen molar-refractivity contribution in [1.82, 2.24) is 47.9 Å². The van der Waals surface area contributed by atoms with Gasteiger partial charge in [-0.3, -0.25) is 47.9 Å². The fraction of sp³-hybridized carbons (Fsp3) is 0.736. The Morgan fingerprint density at radius 1 is 0.605 bits per heavy atom. The van der Waals surface area contributed by atoms with E-state index < -0.39 is 194 Å². The number of aliphatic hydroxyl groups is 5. The number of nitrogens with one attached hydrogen (secondary N) is 9. The highest BCUT2D eigenvalue weighted by Gasteiger charge is 2.41. The number of hydrogen-bond acceptors (Lipinski definition) is 21. The van der Waals surface area contributed by atoms with E-state index in [0.717, 1.165) is 64.9 Å². The third-order valence-electron chi connectivity index (χ3n) is 13.6. The number of aliphatic hydroxyl groups excluding tert-OH is 5. The lowest BCUT2D eigenvalue weighted by Gasteiger charge is -2.28. The summed E-state index contributed by atoms with van der Waals surface area (Å²) in [6, 6.07) is -16.1. The van der Waals surface area contributed by atoms with E-state index in [0.29, 0.717) is 6.42 Å². The minimum atomic E-state index is -2.85. The summed E-state index contributed by atoms with van der Waals surface area (Å²) >= 11 is 5.85. The van der Waals surface area contributed by atoms with E-state index in [-0.39, 0.29) is 45.2 Å². The van der Waals surface area contributed by atoms with Crippen LogP contribution in [0.3, 0.4) is 0 Å². The summed E-state index contributed by atoms with van der Waals surface area (Å²) in [5.74, 6) is -18.2. The summed E-state index contributed by atoms with van der Waals surface area (Å²) in [4.78, 5) is 163.